The number of azo groups is 1. The van der Waals surface area contributed by atoms with Crippen molar-refractivity contribution in [2.45, 2.75) is 50.7 Å². The minimum atomic E-state index is -0.763. The highest BCUT2D eigenvalue weighted by atomic mass is 35.5. The number of halogens is 1. The number of benzene rings is 1. The Morgan fingerprint density at radius 2 is 1.97 bits per heavy atom. The lowest BCUT2D eigenvalue weighted by atomic mass is 9.62. The van der Waals surface area contributed by atoms with Gasteiger partial charge < -0.3 is 15.5 Å². The van der Waals surface area contributed by atoms with Gasteiger partial charge in [-0.05, 0) is 44.0 Å². The summed E-state index contributed by atoms with van der Waals surface area (Å²) in [5.41, 5.74) is 3.14. The maximum atomic E-state index is 13.6. The number of hydrogen-bond acceptors (Lipinski definition) is 7. The van der Waals surface area contributed by atoms with Crippen molar-refractivity contribution in [2.24, 2.45) is 10.2 Å². The van der Waals surface area contributed by atoms with Crippen LogP contribution in [-0.4, -0.2) is 34.6 Å². The fraction of sp³-hybridized carbons (Fsp3) is 0.375. The second kappa shape index (κ2) is 7.66. The van der Waals surface area contributed by atoms with Crippen LogP contribution in [0, 0.1) is 0 Å². The van der Waals surface area contributed by atoms with Crippen molar-refractivity contribution in [1.29, 1.82) is 0 Å². The maximum absolute atomic E-state index is 13.6. The molecule has 0 spiro atoms. The van der Waals surface area contributed by atoms with E-state index in [4.69, 9.17) is 11.6 Å². The average Bonchev–Trinajstić information content (AvgIpc) is 3.17. The van der Waals surface area contributed by atoms with Gasteiger partial charge in [-0.2, -0.15) is 5.11 Å². The summed E-state index contributed by atoms with van der Waals surface area (Å²) in [7, 11) is 1.92. The predicted octanol–water partition coefficient (Wildman–Crippen LogP) is 4.29. The van der Waals surface area contributed by atoms with E-state index in [2.05, 4.69) is 43.8 Å². The number of amides is 1. The molecule has 5 rings (SSSR count). The molecule has 8 nitrogen and oxygen atoms in total. The van der Waals surface area contributed by atoms with E-state index in [-0.39, 0.29) is 11.4 Å². The first-order chi connectivity index (χ1) is 15.8. The van der Waals surface area contributed by atoms with Gasteiger partial charge in [0.25, 0.3) is 5.91 Å². The molecule has 1 aromatic carbocycles. The van der Waals surface area contributed by atoms with Crippen LogP contribution in [0.15, 0.2) is 75.0 Å². The van der Waals surface area contributed by atoms with Gasteiger partial charge in [0.1, 0.15) is 0 Å². The molecular formula is C24H26ClN7O. The zero-order valence-electron chi connectivity index (χ0n) is 19.1. The molecule has 1 amide bonds. The first-order valence-corrected chi connectivity index (χ1v) is 11.4. The van der Waals surface area contributed by atoms with E-state index in [0.29, 0.717) is 29.5 Å². The number of nitrogens with zero attached hydrogens (tertiary/aromatic N) is 5. The number of nitrogens with one attached hydrogen (secondary N) is 2. The Labute approximate surface area is 197 Å². The van der Waals surface area contributed by atoms with Crippen molar-refractivity contribution in [1.82, 2.24) is 20.6 Å². The van der Waals surface area contributed by atoms with Crippen molar-refractivity contribution in [3.8, 4) is 0 Å². The summed E-state index contributed by atoms with van der Waals surface area (Å²) < 4.78 is 0. The molecule has 2 atom stereocenters. The van der Waals surface area contributed by atoms with Crippen LogP contribution in [0.4, 0.5) is 11.6 Å². The fourth-order valence-electron chi connectivity index (χ4n) is 5.23. The molecule has 0 bridgehead atoms. The molecule has 0 saturated carbocycles. The molecule has 1 aromatic heterocycles. The Balaban J connectivity index is 1.72. The van der Waals surface area contributed by atoms with Crippen LogP contribution < -0.4 is 15.5 Å². The van der Waals surface area contributed by atoms with E-state index in [1.807, 2.05) is 44.0 Å². The molecule has 0 fully saturated rings. The normalized spacial score (nSPS) is 25.4. The maximum Gasteiger partial charge on any atom is 0.250 e. The van der Waals surface area contributed by atoms with Crippen LogP contribution in [-0.2, 0) is 10.2 Å². The number of carbonyl (C=O) groups excluding carboxylic acids is 1. The van der Waals surface area contributed by atoms with E-state index in [0.717, 1.165) is 22.5 Å². The van der Waals surface area contributed by atoms with E-state index in [9.17, 15) is 4.79 Å². The molecule has 3 aliphatic heterocycles. The smallest absolute Gasteiger partial charge is 0.250 e. The van der Waals surface area contributed by atoms with E-state index < -0.39 is 11.6 Å². The Morgan fingerprint density at radius 3 is 2.70 bits per heavy atom. The molecule has 170 valence electrons. The minimum Gasteiger partial charge on any atom is -0.362 e. The summed E-state index contributed by atoms with van der Waals surface area (Å²) in [6.45, 7) is 6.12. The van der Waals surface area contributed by atoms with Gasteiger partial charge in [0.15, 0.2) is 11.3 Å². The highest BCUT2D eigenvalue weighted by molar-refractivity contribution is 6.30. The Bertz CT molecular complexity index is 1220. The third-order valence-electron chi connectivity index (χ3n) is 6.66. The van der Waals surface area contributed by atoms with Gasteiger partial charge >= 0.3 is 0 Å². The first kappa shape index (κ1) is 21.6. The standard InChI is InChI=1S/C24H26ClN7O/c1-5-24(14-8-6-9-15(12-14)32(4)22-26-10-7-11-27-22)17-16(13-23(2,3)29-21(17)33)28-20-18(24)19(25)30-31-20/h6-12,20,28H,5,13H2,1-4H3,(H,29,33). The number of carbonyl (C=O) groups is 1. The summed E-state index contributed by atoms with van der Waals surface area (Å²) in [6, 6.07) is 9.90. The topological polar surface area (TPSA) is 94.9 Å². The van der Waals surface area contributed by atoms with Crippen LogP contribution in [0.3, 0.4) is 0 Å². The summed E-state index contributed by atoms with van der Waals surface area (Å²) in [5, 5.41) is 15.5. The van der Waals surface area contributed by atoms with Crippen LogP contribution in [0.2, 0.25) is 0 Å². The zero-order chi connectivity index (χ0) is 23.4. The highest BCUT2D eigenvalue weighted by Crippen LogP contribution is 2.53. The second-order valence-electron chi connectivity index (χ2n) is 9.25. The molecule has 2 N–H and O–H groups in total. The number of fused-ring (bicyclic) bond motifs is 1. The molecule has 4 heterocycles. The highest BCUT2D eigenvalue weighted by Gasteiger charge is 2.54. The molecular weight excluding hydrogens is 438 g/mol. The van der Waals surface area contributed by atoms with E-state index in [1.165, 1.54) is 0 Å². The second-order valence-corrected chi connectivity index (χ2v) is 9.61. The predicted molar refractivity (Wildman–Crippen MR) is 127 cm³/mol. The van der Waals surface area contributed by atoms with Crippen LogP contribution in [0.1, 0.15) is 39.2 Å². The summed E-state index contributed by atoms with van der Waals surface area (Å²) in [5.74, 6) is 0.492. The lowest BCUT2D eigenvalue weighted by molar-refractivity contribution is -0.120. The van der Waals surface area contributed by atoms with Crippen LogP contribution >= 0.6 is 11.6 Å². The van der Waals surface area contributed by atoms with Crippen LogP contribution in [0.25, 0.3) is 0 Å². The SMILES string of the molecule is CCC1(c2cccc(N(C)c3ncccn3)c2)C2=C(CC(C)(C)NC2=O)NC2N=NC(Cl)=C21. The molecule has 2 unspecified atom stereocenters. The number of hydrogen-bond donors (Lipinski definition) is 2. The number of anilines is 2. The molecule has 3 aliphatic rings. The van der Waals surface area contributed by atoms with Gasteiger partial charge in [0, 0.05) is 48.4 Å². The van der Waals surface area contributed by atoms with Crippen molar-refractivity contribution in [3.63, 3.8) is 0 Å². The average molecular weight is 464 g/mol. The third kappa shape index (κ3) is 3.31. The van der Waals surface area contributed by atoms with Gasteiger partial charge in [-0.25, -0.2) is 9.97 Å². The monoisotopic (exact) mass is 463 g/mol. The zero-order valence-corrected chi connectivity index (χ0v) is 19.8. The summed E-state index contributed by atoms with van der Waals surface area (Å²) in [4.78, 5) is 24.2. The Hall–Kier alpha value is -3.26. The number of rotatable bonds is 4. The molecule has 2 aromatic rings. The third-order valence-corrected chi connectivity index (χ3v) is 6.94. The van der Waals surface area contributed by atoms with Crippen molar-refractivity contribution in [3.05, 3.63) is 70.3 Å². The molecule has 0 radical (unpaired) electrons. The lowest BCUT2D eigenvalue weighted by Gasteiger charge is -2.48. The molecule has 9 heteroatoms. The molecule has 33 heavy (non-hydrogen) atoms. The van der Waals surface area contributed by atoms with Crippen LogP contribution in [0.5, 0.6) is 0 Å². The van der Waals surface area contributed by atoms with Gasteiger partial charge in [0.05, 0.1) is 11.0 Å². The fourth-order valence-corrected chi connectivity index (χ4v) is 5.54. The Kier molecular flexibility index (Phi) is 5.01. The van der Waals surface area contributed by atoms with Gasteiger partial charge in [-0.3, -0.25) is 4.79 Å². The largest absolute Gasteiger partial charge is 0.362 e. The van der Waals surface area contributed by atoms with Crippen molar-refractivity contribution >= 4 is 29.1 Å². The summed E-state index contributed by atoms with van der Waals surface area (Å²) in [6.07, 6.45) is 4.33. The first-order valence-electron chi connectivity index (χ1n) is 11.0. The van der Waals surface area contributed by atoms with Crippen molar-refractivity contribution < 1.29 is 4.79 Å². The van der Waals surface area contributed by atoms with Gasteiger partial charge in [-0.15, -0.1) is 5.11 Å². The number of aromatic nitrogens is 2. The van der Waals surface area contributed by atoms with E-state index in [1.54, 1.807) is 18.5 Å². The lowest BCUT2D eigenvalue weighted by Crippen LogP contribution is -2.58. The molecule has 0 aliphatic carbocycles. The quantitative estimate of drug-likeness (QED) is 0.659. The van der Waals surface area contributed by atoms with Crippen molar-refractivity contribution in [2.75, 3.05) is 11.9 Å². The van der Waals surface area contributed by atoms with Gasteiger partial charge in [0.2, 0.25) is 5.95 Å². The van der Waals surface area contributed by atoms with Gasteiger partial charge in [-0.1, -0.05) is 30.7 Å². The molecule has 0 saturated heterocycles. The van der Waals surface area contributed by atoms with E-state index >= 15 is 0 Å². The Morgan fingerprint density at radius 1 is 1.21 bits per heavy atom. The summed E-state index contributed by atoms with van der Waals surface area (Å²) >= 11 is 6.63. The minimum absolute atomic E-state index is 0.0944.